The second kappa shape index (κ2) is 6.44. The lowest BCUT2D eigenvalue weighted by atomic mass is 9.98. The maximum absolute atomic E-state index is 12.4. The highest BCUT2D eigenvalue weighted by molar-refractivity contribution is 5.79. The molecule has 134 valence electrons. The molecular weight excluding hydrogens is 324 g/mol. The molecule has 2 N–H and O–H groups in total. The number of alkyl carbamates (subject to hydrolysis) is 1. The summed E-state index contributed by atoms with van der Waals surface area (Å²) in [5.41, 5.74) is 5.02. The zero-order valence-corrected chi connectivity index (χ0v) is 14.8. The Morgan fingerprint density at radius 2 is 1.54 bits per heavy atom. The summed E-state index contributed by atoms with van der Waals surface area (Å²) in [6.45, 7) is 0.387. The van der Waals surface area contributed by atoms with Crippen LogP contribution in [0.2, 0.25) is 0 Å². The predicted octanol–water partition coefficient (Wildman–Crippen LogP) is 3.81. The topological polar surface area (TPSA) is 50.4 Å². The highest BCUT2D eigenvalue weighted by Gasteiger charge is 2.34. The van der Waals surface area contributed by atoms with E-state index in [1.54, 1.807) is 0 Å². The maximum atomic E-state index is 12.4. The van der Waals surface area contributed by atoms with Crippen molar-refractivity contribution in [3.05, 3.63) is 59.7 Å². The Balaban J connectivity index is 1.26. The summed E-state index contributed by atoms with van der Waals surface area (Å²) in [5.74, 6) is 0.123. The molecule has 2 saturated heterocycles. The van der Waals surface area contributed by atoms with Crippen molar-refractivity contribution in [1.29, 1.82) is 0 Å². The van der Waals surface area contributed by atoms with E-state index in [9.17, 15) is 4.79 Å². The molecule has 0 aromatic heterocycles. The summed E-state index contributed by atoms with van der Waals surface area (Å²) in [6, 6.07) is 18.2. The van der Waals surface area contributed by atoms with Crippen LogP contribution in [-0.2, 0) is 4.74 Å². The molecule has 2 fully saturated rings. The molecule has 4 nitrogen and oxygen atoms in total. The predicted molar refractivity (Wildman–Crippen MR) is 101 cm³/mol. The lowest BCUT2D eigenvalue weighted by Gasteiger charge is -2.29. The Bertz CT molecular complexity index is 777. The molecule has 2 aliphatic heterocycles. The Labute approximate surface area is 153 Å². The van der Waals surface area contributed by atoms with E-state index in [4.69, 9.17) is 4.74 Å². The minimum absolute atomic E-state index is 0.123. The van der Waals surface area contributed by atoms with Crippen LogP contribution in [-0.4, -0.2) is 30.8 Å². The van der Waals surface area contributed by atoms with Crippen LogP contribution in [0.1, 0.15) is 42.7 Å². The standard InChI is InChI=1S/C22H24N2O2/c25-22(24-16-11-14-9-10-15(12-16)23-14)26-13-21-19-7-3-1-5-17(19)18-6-2-4-8-20(18)21/h1-8,14-16,21,23H,9-13H2,(H,24,25). The normalized spacial score (nSPS) is 26.2. The van der Waals surface area contributed by atoms with Crippen LogP contribution < -0.4 is 10.6 Å². The van der Waals surface area contributed by atoms with Gasteiger partial charge < -0.3 is 15.4 Å². The molecule has 2 heterocycles. The van der Waals surface area contributed by atoms with Gasteiger partial charge in [-0.2, -0.15) is 0 Å². The third-order valence-electron chi connectivity index (χ3n) is 6.14. The molecule has 0 radical (unpaired) electrons. The lowest BCUT2D eigenvalue weighted by molar-refractivity contribution is 0.135. The van der Waals surface area contributed by atoms with Crippen LogP contribution in [0.3, 0.4) is 0 Å². The maximum Gasteiger partial charge on any atom is 0.407 e. The highest BCUT2D eigenvalue weighted by atomic mass is 16.5. The van der Waals surface area contributed by atoms with Gasteiger partial charge in [-0.15, -0.1) is 0 Å². The van der Waals surface area contributed by atoms with Gasteiger partial charge in [0.1, 0.15) is 6.61 Å². The number of hydrogen-bond donors (Lipinski definition) is 2. The van der Waals surface area contributed by atoms with Gasteiger partial charge in [-0.1, -0.05) is 48.5 Å². The first-order valence-corrected chi connectivity index (χ1v) is 9.65. The number of benzene rings is 2. The van der Waals surface area contributed by atoms with Crippen LogP contribution in [0.15, 0.2) is 48.5 Å². The van der Waals surface area contributed by atoms with E-state index in [1.165, 1.54) is 35.1 Å². The number of rotatable bonds is 3. The van der Waals surface area contributed by atoms with Crippen molar-refractivity contribution in [3.8, 4) is 11.1 Å². The molecule has 0 spiro atoms. The lowest BCUT2D eigenvalue weighted by Crippen LogP contribution is -2.48. The average Bonchev–Trinajstić information content (AvgIpc) is 3.17. The van der Waals surface area contributed by atoms with Gasteiger partial charge in [0.25, 0.3) is 0 Å². The van der Waals surface area contributed by atoms with E-state index in [1.807, 2.05) is 0 Å². The molecule has 0 saturated carbocycles. The minimum Gasteiger partial charge on any atom is -0.449 e. The monoisotopic (exact) mass is 348 g/mol. The zero-order chi connectivity index (χ0) is 17.5. The van der Waals surface area contributed by atoms with Crippen molar-refractivity contribution in [3.63, 3.8) is 0 Å². The largest absolute Gasteiger partial charge is 0.449 e. The fraction of sp³-hybridized carbons (Fsp3) is 0.409. The van der Waals surface area contributed by atoms with Crippen LogP contribution >= 0.6 is 0 Å². The van der Waals surface area contributed by atoms with Crippen molar-refractivity contribution in [1.82, 2.24) is 10.6 Å². The van der Waals surface area contributed by atoms with Crippen LogP contribution in [0.25, 0.3) is 11.1 Å². The van der Waals surface area contributed by atoms with Gasteiger partial charge in [0.05, 0.1) is 0 Å². The molecule has 5 rings (SSSR count). The van der Waals surface area contributed by atoms with E-state index in [0.29, 0.717) is 18.7 Å². The Hall–Kier alpha value is -2.33. The SMILES string of the molecule is O=C(NC1CC2CCC(C1)N2)OCC1c2ccccc2-c2ccccc21. The van der Waals surface area contributed by atoms with E-state index in [-0.39, 0.29) is 18.1 Å². The number of carbonyl (C=O) groups excluding carboxylic acids is 1. The second-order valence-corrected chi connectivity index (χ2v) is 7.78. The summed E-state index contributed by atoms with van der Waals surface area (Å²) in [5, 5.41) is 6.69. The first-order valence-electron chi connectivity index (χ1n) is 9.65. The van der Waals surface area contributed by atoms with Crippen LogP contribution in [0.4, 0.5) is 4.79 Å². The minimum atomic E-state index is -0.279. The molecule has 2 bridgehead atoms. The molecule has 2 unspecified atom stereocenters. The molecule has 26 heavy (non-hydrogen) atoms. The van der Waals surface area contributed by atoms with Crippen molar-refractivity contribution in [2.45, 2.75) is 49.7 Å². The van der Waals surface area contributed by atoms with Gasteiger partial charge in [-0.25, -0.2) is 4.79 Å². The van der Waals surface area contributed by atoms with Gasteiger partial charge in [-0.3, -0.25) is 0 Å². The summed E-state index contributed by atoms with van der Waals surface area (Å²) < 4.78 is 5.66. The first-order chi connectivity index (χ1) is 12.8. The molecule has 2 atom stereocenters. The number of fused-ring (bicyclic) bond motifs is 5. The molecule has 2 aromatic carbocycles. The van der Waals surface area contributed by atoms with E-state index < -0.39 is 0 Å². The highest BCUT2D eigenvalue weighted by Crippen LogP contribution is 2.44. The van der Waals surface area contributed by atoms with E-state index >= 15 is 0 Å². The summed E-state index contributed by atoms with van der Waals surface area (Å²) in [6.07, 6.45) is 4.21. The van der Waals surface area contributed by atoms with Crippen LogP contribution in [0, 0.1) is 0 Å². The van der Waals surface area contributed by atoms with Crippen molar-refractivity contribution in [2.24, 2.45) is 0 Å². The zero-order valence-electron chi connectivity index (χ0n) is 14.8. The Kier molecular flexibility index (Phi) is 3.93. The summed E-state index contributed by atoms with van der Waals surface area (Å²) in [7, 11) is 0. The third-order valence-corrected chi connectivity index (χ3v) is 6.14. The quantitative estimate of drug-likeness (QED) is 0.887. The molecule has 2 aromatic rings. The molecule has 1 aliphatic carbocycles. The first kappa shape index (κ1) is 15.9. The smallest absolute Gasteiger partial charge is 0.407 e. The molecular formula is C22H24N2O2. The van der Waals surface area contributed by atoms with Crippen LogP contribution in [0.5, 0.6) is 0 Å². The number of carbonyl (C=O) groups is 1. The van der Waals surface area contributed by atoms with Gasteiger partial charge in [-0.05, 0) is 47.9 Å². The number of hydrogen-bond acceptors (Lipinski definition) is 3. The fourth-order valence-corrected chi connectivity index (χ4v) is 4.98. The second-order valence-electron chi connectivity index (χ2n) is 7.78. The molecule has 4 heteroatoms. The van der Waals surface area contributed by atoms with E-state index in [0.717, 1.165) is 12.8 Å². The Morgan fingerprint density at radius 1 is 0.962 bits per heavy atom. The molecule has 1 amide bonds. The number of piperidine rings is 1. The summed E-state index contributed by atoms with van der Waals surface area (Å²) >= 11 is 0. The van der Waals surface area contributed by atoms with Gasteiger partial charge in [0, 0.05) is 24.0 Å². The summed E-state index contributed by atoms with van der Waals surface area (Å²) in [4.78, 5) is 12.4. The number of nitrogens with one attached hydrogen (secondary N) is 2. The van der Waals surface area contributed by atoms with Gasteiger partial charge in [0.2, 0.25) is 0 Å². The van der Waals surface area contributed by atoms with Crippen molar-refractivity contribution in [2.75, 3.05) is 6.61 Å². The van der Waals surface area contributed by atoms with Gasteiger partial charge in [0.15, 0.2) is 0 Å². The fourth-order valence-electron chi connectivity index (χ4n) is 4.98. The van der Waals surface area contributed by atoms with Crippen molar-refractivity contribution >= 4 is 6.09 Å². The van der Waals surface area contributed by atoms with Gasteiger partial charge >= 0.3 is 6.09 Å². The number of ether oxygens (including phenoxy) is 1. The third kappa shape index (κ3) is 2.78. The average molecular weight is 348 g/mol. The Morgan fingerprint density at radius 3 is 2.15 bits per heavy atom. The van der Waals surface area contributed by atoms with E-state index in [2.05, 4.69) is 59.2 Å². The van der Waals surface area contributed by atoms with Crippen molar-refractivity contribution < 1.29 is 9.53 Å². The number of amides is 1. The molecule has 3 aliphatic rings.